The van der Waals surface area contributed by atoms with Gasteiger partial charge in [-0.2, -0.15) is 0 Å². The fourth-order valence-electron chi connectivity index (χ4n) is 3.35. The third-order valence-corrected chi connectivity index (χ3v) is 6.61. The quantitative estimate of drug-likeness (QED) is 0.653. The molecule has 0 saturated carbocycles. The zero-order valence-corrected chi connectivity index (χ0v) is 17.3. The Balaban J connectivity index is 1.62. The third kappa shape index (κ3) is 4.04. The van der Waals surface area contributed by atoms with Crippen molar-refractivity contribution >= 4 is 38.1 Å². The number of amides is 1. The molecular weight excluding hydrogens is 404 g/mol. The molecule has 0 atom stereocenters. The molecule has 4 rings (SSSR count). The lowest BCUT2D eigenvalue weighted by Crippen LogP contribution is -2.39. The summed E-state index contributed by atoms with van der Waals surface area (Å²) >= 11 is 0. The Morgan fingerprint density at radius 1 is 1.00 bits per heavy atom. The predicted molar refractivity (Wildman–Crippen MR) is 117 cm³/mol. The average molecular weight is 426 g/mol. The number of ether oxygens (including phenoxy) is 2. The molecule has 1 N–H and O–H groups in total. The first-order valence-corrected chi connectivity index (χ1v) is 11.3. The highest BCUT2D eigenvalue weighted by Crippen LogP contribution is 2.35. The van der Waals surface area contributed by atoms with Crippen molar-refractivity contribution in [2.45, 2.75) is 6.92 Å². The lowest BCUT2D eigenvalue weighted by molar-refractivity contribution is -0.114. The van der Waals surface area contributed by atoms with Crippen molar-refractivity contribution in [3.8, 4) is 11.5 Å². The van der Waals surface area contributed by atoms with E-state index >= 15 is 0 Å². The van der Waals surface area contributed by atoms with Crippen LogP contribution in [0, 0.1) is 0 Å². The summed E-state index contributed by atoms with van der Waals surface area (Å²) in [4.78, 5) is 12.8. The number of nitrogens with one attached hydrogen (secondary N) is 1. The molecule has 1 amide bonds. The van der Waals surface area contributed by atoms with E-state index in [1.165, 1.54) is 0 Å². The molecule has 0 fully saturated rings. The van der Waals surface area contributed by atoms with Gasteiger partial charge in [-0.3, -0.25) is 9.10 Å². The fourth-order valence-corrected chi connectivity index (χ4v) is 4.41. The van der Waals surface area contributed by atoms with Crippen LogP contribution in [0.4, 0.5) is 11.4 Å². The number of benzene rings is 3. The first-order valence-electron chi connectivity index (χ1n) is 9.65. The largest absolute Gasteiger partial charge is 0.486 e. The molecule has 156 valence electrons. The third-order valence-electron chi connectivity index (χ3n) is 4.87. The summed E-state index contributed by atoms with van der Waals surface area (Å²) in [6.45, 7) is 2.03. The Morgan fingerprint density at radius 2 is 1.73 bits per heavy atom. The van der Waals surface area contributed by atoms with E-state index in [0.717, 1.165) is 15.1 Å². The first-order chi connectivity index (χ1) is 14.5. The molecule has 8 heteroatoms. The van der Waals surface area contributed by atoms with E-state index in [1.54, 1.807) is 31.2 Å². The summed E-state index contributed by atoms with van der Waals surface area (Å²) in [6.07, 6.45) is 0. The average Bonchev–Trinajstić information content (AvgIpc) is 2.77. The molecular formula is C22H22N2O5S. The van der Waals surface area contributed by atoms with Crippen molar-refractivity contribution in [1.82, 2.24) is 0 Å². The van der Waals surface area contributed by atoms with Crippen LogP contribution >= 0.6 is 0 Å². The van der Waals surface area contributed by atoms with E-state index in [-0.39, 0.29) is 12.3 Å². The van der Waals surface area contributed by atoms with Crippen LogP contribution in [0.5, 0.6) is 11.5 Å². The highest BCUT2D eigenvalue weighted by molar-refractivity contribution is 7.92. The van der Waals surface area contributed by atoms with Crippen LogP contribution in [0.2, 0.25) is 0 Å². The van der Waals surface area contributed by atoms with Crippen LogP contribution in [0.1, 0.15) is 6.92 Å². The van der Waals surface area contributed by atoms with E-state index in [9.17, 15) is 13.2 Å². The summed E-state index contributed by atoms with van der Waals surface area (Å²) < 4.78 is 37.6. The van der Waals surface area contributed by atoms with E-state index in [2.05, 4.69) is 5.32 Å². The Labute approximate surface area is 175 Å². The fraction of sp³-hybridized carbons (Fsp3) is 0.227. The number of fused-ring (bicyclic) bond motifs is 2. The van der Waals surface area contributed by atoms with Gasteiger partial charge in [0, 0.05) is 17.1 Å². The zero-order valence-electron chi connectivity index (χ0n) is 16.5. The molecule has 1 aliphatic heterocycles. The number of carbonyl (C=O) groups is 1. The predicted octanol–water partition coefficient (Wildman–Crippen LogP) is 3.41. The molecule has 0 spiro atoms. The van der Waals surface area contributed by atoms with Gasteiger partial charge in [0.05, 0.1) is 11.4 Å². The van der Waals surface area contributed by atoms with Crippen LogP contribution in [0.25, 0.3) is 10.8 Å². The number of sulfonamides is 1. The van der Waals surface area contributed by atoms with Gasteiger partial charge in [0.15, 0.2) is 11.5 Å². The van der Waals surface area contributed by atoms with E-state index in [4.69, 9.17) is 9.47 Å². The van der Waals surface area contributed by atoms with Crippen LogP contribution in [0.15, 0.2) is 60.7 Å². The molecule has 30 heavy (non-hydrogen) atoms. The Hall–Kier alpha value is -3.26. The van der Waals surface area contributed by atoms with Gasteiger partial charge in [-0.25, -0.2) is 8.42 Å². The number of hydrogen-bond acceptors (Lipinski definition) is 5. The smallest absolute Gasteiger partial charge is 0.245 e. The normalized spacial score (nSPS) is 13.1. The molecule has 3 aromatic carbocycles. The van der Waals surface area contributed by atoms with Crippen molar-refractivity contribution in [1.29, 1.82) is 0 Å². The van der Waals surface area contributed by atoms with Crippen LogP contribution < -0.4 is 19.1 Å². The van der Waals surface area contributed by atoms with Crippen molar-refractivity contribution in [2.75, 3.05) is 35.1 Å². The molecule has 7 nitrogen and oxygen atoms in total. The molecule has 0 aliphatic carbocycles. The van der Waals surface area contributed by atoms with Crippen LogP contribution in [0.3, 0.4) is 0 Å². The summed E-state index contributed by atoms with van der Waals surface area (Å²) in [5, 5.41) is 4.72. The van der Waals surface area contributed by atoms with Gasteiger partial charge >= 0.3 is 0 Å². The highest BCUT2D eigenvalue weighted by Gasteiger charge is 2.25. The van der Waals surface area contributed by atoms with Crippen LogP contribution in [-0.2, 0) is 14.8 Å². The minimum atomic E-state index is -3.69. The summed E-state index contributed by atoms with van der Waals surface area (Å²) in [6, 6.07) is 18.1. The summed E-state index contributed by atoms with van der Waals surface area (Å²) in [7, 11) is -3.69. The molecule has 1 aliphatic rings. The Morgan fingerprint density at radius 3 is 2.53 bits per heavy atom. The Bertz CT molecular complexity index is 1190. The molecule has 0 radical (unpaired) electrons. The highest BCUT2D eigenvalue weighted by atomic mass is 32.2. The van der Waals surface area contributed by atoms with E-state index in [1.807, 2.05) is 36.4 Å². The number of rotatable bonds is 6. The van der Waals surface area contributed by atoms with Crippen LogP contribution in [-0.4, -0.2) is 39.8 Å². The van der Waals surface area contributed by atoms with Gasteiger partial charge in [0.1, 0.15) is 19.8 Å². The molecule has 0 unspecified atom stereocenters. The molecule has 0 bridgehead atoms. The number of hydrogen-bond donors (Lipinski definition) is 1. The summed E-state index contributed by atoms with van der Waals surface area (Å²) in [5.74, 6) is 0.449. The van der Waals surface area contributed by atoms with E-state index < -0.39 is 15.9 Å². The maximum atomic E-state index is 12.8. The number of anilines is 2. The zero-order chi connectivity index (χ0) is 21.1. The van der Waals surface area contributed by atoms with Gasteiger partial charge < -0.3 is 14.8 Å². The number of nitrogens with zero attached hydrogens (tertiary/aromatic N) is 1. The maximum absolute atomic E-state index is 12.8. The van der Waals surface area contributed by atoms with Gasteiger partial charge in [-0.15, -0.1) is 0 Å². The second-order valence-corrected chi connectivity index (χ2v) is 8.99. The second kappa shape index (κ2) is 8.23. The van der Waals surface area contributed by atoms with Crippen molar-refractivity contribution in [2.24, 2.45) is 0 Å². The number of carbonyl (C=O) groups excluding carboxylic acids is 1. The van der Waals surface area contributed by atoms with Crippen molar-refractivity contribution < 1.29 is 22.7 Å². The SMILES string of the molecule is CCS(=O)(=O)N(CC(=O)Nc1cccc2ccccc12)c1ccc2c(c1)OCCO2. The lowest BCUT2D eigenvalue weighted by atomic mass is 10.1. The standard InChI is InChI=1S/C22H22N2O5S/c1-2-30(26,27)24(17-10-11-20-21(14-17)29-13-12-28-20)15-22(25)23-19-9-5-7-16-6-3-4-8-18(16)19/h3-11,14H,2,12-13,15H2,1H3,(H,23,25). The minimum absolute atomic E-state index is 0.136. The second-order valence-electron chi connectivity index (χ2n) is 6.81. The Kier molecular flexibility index (Phi) is 5.50. The van der Waals surface area contributed by atoms with Gasteiger partial charge in [0.25, 0.3) is 0 Å². The van der Waals surface area contributed by atoms with Crippen molar-refractivity contribution in [3.05, 3.63) is 60.7 Å². The molecule has 3 aromatic rings. The lowest BCUT2D eigenvalue weighted by Gasteiger charge is -2.25. The van der Waals surface area contributed by atoms with Gasteiger partial charge in [-0.1, -0.05) is 36.4 Å². The molecule has 1 heterocycles. The molecule has 0 aromatic heterocycles. The van der Waals surface area contributed by atoms with Gasteiger partial charge in [-0.05, 0) is 30.5 Å². The summed E-state index contributed by atoms with van der Waals surface area (Å²) in [5.41, 5.74) is 0.989. The monoisotopic (exact) mass is 426 g/mol. The van der Waals surface area contributed by atoms with E-state index in [0.29, 0.717) is 36.1 Å². The first kappa shape index (κ1) is 20.0. The minimum Gasteiger partial charge on any atom is -0.486 e. The molecule has 0 saturated heterocycles. The van der Waals surface area contributed by atoms with Gasteiger partial charge in [0.2, 0.25) is 15.9 Å². The van der Waals surface area contributed by atoms with Crippen molar-refractivity contribution in [3.63, 3.8) is 0 Å². The maximum Gasteiger partial charge on any atom is 0.245 e. The topological polar surface area (TPSA) is 84.9 Å².